The van der Waals surface area contributed by atoms with Crippen LogP contribution in [0.5, 0.6) is 0 Å². The molecule has 2 aromatic rings. The third kappa shape index (κ3) is 7.07. The van der Waals surface area contributed by atoms with E-state index in [9.17, 15) is 23.1 Å². The number of thiocarbonyl (C=S) groups is 2. The molecule has 0 spiro atoms. The standard InChI is InChI=1S/C19H20N4O5S3/c20-17(29)12-4-6-14(7-5-12)31(27,28)22-10-16(24)23-15(19(25)26)9-11-2-1-3-13(8-11)18(21)30/h1-8,15,22H,9-10H2,(H2,20,29)(H2,21,30)(H,23,24)(H,25,26). The van der Waals surface area contributed by atoms with E-state index in [0.29, 0.717) is 16.7 Å². The fourth-order valence-electron chi connectivity index (χ4n) is 2.57. The van der Waals surface area contributed by atoms with Crippen molar-refractivity contribution in [2.45, 2.75) is 17.4 Å². The zero-order chi connectivity index (χ0) is 23.2. The molecule has 12 heteroatoms. The van der Waals surface area contributed by atoms with E-state index in [1.165, 1.54) is 24.3 Å². The lowest BCUT2D eigenvalue weighted by Crippen LogP contribution is -2.46. The number of nitrogens with two attached hydrogens (primary N) is 2. The van der Waals surface area contributed by atoms with E-state index in [-0.39, 0.29) is 21.3 Å². The first-order chi connectivity index (χ1) is 14.5. The highest BCUT2D eigenvalue weighted by atomic mass is 32.2. The molecule has 7 N–H and O–H groups in total. The molecular formula is C19H20N4O5S3. The van der Waals surface area contributed by atoms with E-state index >= 15 is 0 Å². The minimum atomic E-state index is -4.00. The molecule has 31 heavy (non-hydrogen) atoms. The molecule has 0 saturated carbocycles. The van der Waals surface area contributed by atoms with Gasteiger partial charge in [0.1, 0.15) is 16.0 Å². The van der Waals surface area contributed by atoms with Crippen LogP contribution in [-0.4, -0.2) is 48.0 Å². The van der Waals surface area contributed by atoms with E-state index in [1.54, 1.807) is 24.3 Å². The number of carboxylic acid groups (broad SMARTS) is 1. The van der Waals surface area contributed by atoms with Crippen LogP contribution in [-0.2, 0) is 26.0 Å². The van der Waals surface area contributed by atoms with Crippen LogP contribution < -0.4 is 21.5 Å². The Hall–Kier alpha value is -2.93. The molecule has 0 heterocycles. The van der Waals surface area contributed by atoms with Crippen molar-refractivity contribution in [2.24, 2.45) is 11.5 Å². The number of rotatable bonds is 10. The average molecular weight is 481 g/mol. The van der Waals surface area contributed by atoms with Crippen molar-refractivity contribution >= 4 is 56.3 Å². The predicted octanol–water partition coefficient (Wildman–Crippen LogP) is 0.0454. The Morgan fingerprint density at radius 2 is 1.61 bits per heavy atom. The van der Waals surface area contributed by atoms with Gasteiger partial charge in [-0.3, -0.25) is 4.79 Å². The van der Waals surface area contributed by atoms with Crippen molar-refractivity contribution in [3.8, 4) is 0 Å². The van der Waals surface area contributed by atoms with Gasteiger partial charge in [-0.1, -0.05) is 54.8 Å². The SMILES string of the molecule is NC(=S)c1ccc(S(=O)(=O)NCC(=O)NC(Cc2cccc(C(N)=S)c2)C(=O)O)cc1. The van der Waals surface area contributed by atoms with E-state index in [4.69, 9.17) is 35.9 Å². The number of carboxylic acids is 1. The Morgan fingerprint density at radius 1 is 1.00 bits per heavy atom. The monoisotopic (exact) mass is 480 g/mol. The number of hydrogen-bond acceptors (Lipinski definition) is 6. The van der Waals surface area contributed by atoms with E-state index < -0.39 is 34.5 Å². The van der Waals surface area contributed by atoms with Gasteiger partial charge in [-0.05, 0) is 23.8 Å². The molecule has 1 atom stereocenters. The summed E-state index contributed by atoms with van der Waals surface area (Å²) in [4.78, 5) is 23.9. The smallest absolute Gasteiger partial charge is 0.326 e. The quantitative estimate of drug-likeness (QED) is 0.295. The summed E-state index contributed by atoms with van der Waals surface area (Å²) in [6.45, 7) is -0.643. The first-order valence-electron chi connectivity index (χ1n) is 8.80. The molecule has 0 fully saturated rings. The van der Waals surface area contributed by atoms with Gasteiger partial charge >= 0.3 is 5.97 Å². The Kier molecular flexibility index (Phi) is 8.16. The molecule has 0 aliphatic heterocycles. The van der Waals surface area contributed by atoms with E-state index in [2.05, 4.69) is 10.0 Å². The van der Waals surface area contributed by atoms with Crippen molar-refractivity contribution in [1.82, 2.24) is 10.0 Å². The number of sulfonamides is 1. The molecule has 164 valence electrons. The Morgan fingerprint density at radius 3 is 2.16 bits per heavy atom. The summed E-state index contributed by atoms with van der Waals surface area (Å²) in [5.41, 5.74) is 12.7. The Balaban J connectivity index is 2.01. The summed E-state index contributed by atoms with van der Waals surface area (Å²) in [6, 6.07) is 10.9. The van der Waals surface area contributed by atoms with Crippen LogP contribution in [0.4, 0.5) is 0 Å². The Labute approximate surface area is 189 Å². The third-order valence-corrected chi connectivity index (χ3v) is 6.05. The minimum absolute atomic E-state index is 0.0370. The third-order valence-electron chi connectivity index (χ3n) is 4.16. The molecule has 1 unspecified atom stereocenters. The highest BCUT2D eigenvalue weighted by molar-refractivity contribution is 7.89. The van der Waals surface area contributed by atoms with Crippen LogP contribution in [0.1, 0.15) is 16.7 Å². The van der Waals surface area contributed by atoms with Crippen molar-refractivity contribution in [1.29, 1.82) is 0 Å². The van der Waals surface area contributed by atoms with Crippen LogP contribution >= 0.6 is 24.4 Å². The molecule has 0 aliphatic rings. The van der Waals surface area contributed by atoms with Crippen molar-refractivity contribution in [3.05, 3.63) is 65.2 Å². The maximum Gasteiger partial charge on any atom is 0.326 e. The lowest BCUT2D eigenvalue weighted by atomic mass is 10.0. The average Bonchev–Trinajstić information content (AvgIpc) is 2.72. The lowest BCUT2D eigenvalue weighted by Gasteiger charge is -2.15. The normalized spacial score (nSPS) is 12.0. The van der Waals surface area contributed by atoms with Gasteiger partial charge in [-0.25, -0.2) is 17.9 Å². The largest absolute Gasteiger partial charge is 0.480 e. The summed E-state index contributed by atoms with van der Waals surface area (Å²) < 4.78 is 26.8. The van der Waals surface area contributed by atoms with Crippen LogP contribution in [0.3, 0.4) is 0 Å². The van der Waals surface area contributed by atoms with Gasteiger partial charge < -0.3 is 21.9 Å². The van der Waals surface area contributed by atoms with Gasteiger partial charge in [0, 0.05) is 17.5 Å². The molecule has 2 rings (SSSR count). The molecule has 2 aromatic carbocycles. The first-order valence-corrected chi connectivity index (χ1v) is 11.1. The van der Waals surface area contributed by atoms with Crippen molar-refractivity contribution in [3.63, 3.8) is 0 Å². The van der Waals surface area contributed by atoms with Gasteiger partial charge in [-0.2, -0.15) is 0 Å². The number of aliphatic carboxylic acids is 1. The van der Waals surface area contributed by atoms with Gasteiger partial charge in [-0.15, -0.1) is 0 Å². The summed E-state index contributed by atoms with van der Waals surface area (Å²) in [5, 5.41) is 11.7. The summed E-state index contributed by atoms with van der Waals surface area (Å²) in [5.74, 6) is -2.08. The van der Waals surface area contributed by atoms with E-state index in [1.807, 2.05) is 0 Å². The van der Waals surface area contributed by atoms with Crippen LogP contribution in [0.25, 0.3) is 0 Å². The molecular weight excluding hydrogens is 460 g/mol. The highest BCUT2D eigenvalue weighted by Gasteiger charge is 2.22. The maximum atomic E-state index is 12.3. The number of nitrogens with one attached hydrogen (secondary N) is 2. The van der Waals surface area contributed by atoms with Gasteiger partial charge in [0.15, 0.2) is 0 Å². The van der Waals surface area contributed by atoms with Gasteiger partial charge in [0.2, 0.25) is 15.9 Å². The molecule has 0 saturated heterocycles. The molecule has 9 nitrogen and oxygen atoms in total. The molecule has 0 aliphatic carbocycles. The van der Waals surface area contributed by atoms with E-state index in [0.717, 1.165) is 0 Å². The number of carbonyl (C=O) groups is 2. The number of benzene rings is 2. The zero-order valence-electron chi connectivity index (χ0n) is 16.1. The summed E-state index contributed by atoms with van der Waals surface area (Å²) in [7, 11) is -4.00. The second kappa shape index (κ2) is 10.4. The van der Waals surface area contributed by atoms with Crippen molar-refractivity contribution < 1.29 is 23.1 Å². The second-order valence-corrected chi connectivity index (χ2v) is 9.09. The zero-order valence-corrected chi connectivity index (χ0v) is 18.5. The topological polar surface area (TPSA) is 165 Å². The van der Waals surface area contributed by atoms with Crippen molar-refractivity contribution in [2.75, 3.05) is 6.54 Å². The summed E-state index contributed by atoms with van der Waals surface area (Å²) in [6.07, 6.45) is -0.0370. The Bertz CT molecular complexity index is 1120. The van der Waals surface area contributed by atoms with Crippen LogP contribution in [0.15, 0.2) is 53.4 Å². The molecule has 0 radical (unpaired) electrons. The first kappa shape index (κ1) is 24.3. The fourth-order valence-corrected chi connectivity index (χ4v) is 3.82. The second-order valence-electron chi connectivity index (χ2n) is 6.44. The number of hydrogen-bond donors (Lipinski definition) is 5. The van der Waals surface area contributed by atoms with Crippen LogP contribution in [0.2, 0.25) is 0 Å². The van der Waals surface area contributed by atoms with Gasteiger partial charge in [0.25, 0.3) is 0 Å². The molecule has 0 aromatic heterocycles. The highest BCUT2D eigenvalue weighted by Crippen LogP contribution is 2.11. The maximum absolute atomic E-state index is 12.3. The van der Waals surface area contributed by atoms with Gasteiger partial charge in [0.05, 0.1) is 11.4 Å². The predicted molar refractivity (Wildman–Crippen MR) is 123 cm³/mol. The number of carbonyl (C=O) groups excluding carboxylic acids is 1. The summed E-state index contributed by atoms with van der Waals surface area (Å²) >= 11 is 9.71. The molecule has 1 amide bonds. The minimum Gasteiger partial charge on any atom is -0.480 e. The molecule has 0 bridgehead atoms. The lowest BCUT2D eigenvalue weighted by molar-refractivity contribution is -0.141. The van der Waals surface area contributed by atoms with Crippen LogP contribution in [0, 0.1) is 0 Å². The fraction of sp³-hybridized carbons (Fsp3) is 0.158. The number of amides is 1.